The van der Waals surface area contributed by atoms with Crippen LogP contribution >= 0.6 is 11.6 Å². The van der Waals surface area contributed by atoms with Crippen LogP contribution in [-0.2, 0) is 0 Å². The molecule has 18 heavy (non-hydrogen) atoms. The fourth-order valence-corrected chi connectivity index (χ4v) is 1.54. The van der Waals surface area contributed by atoms with E-state index in [9.17, 15) is 4.79 Å². The summed E-state index contributed by atoms with van der Waals surface area (Å²) in [5.41, 5.74) is 3.27. The Balaban J connectivity index is 2.16. The van der Waals surface area contributed by atoms with Gasteiger partial charge in [0.05, 0.1) is 12.4 Å². The van der Waals surface area contributed by atoms with E-state index in [-0.39, 0.29) is 16.8 Å². The maximum absolute atomic E-state index is 11.9. The predicted octanol–water partition coefficient (Wildman–Crippen LogP) is 3.00. The summed E-state index contributed by atoms with van der Waals surface area (Å²) < 4.78 is 0. The third-order valence-electron chi connectivity index (χ3n) is 2.62. The fraction of sp³-hybridized carbons (Fsp3) is 0.154. The van der Waals surface area contributed by atoms with E-state index in [1.807, 2.05) is 32.0 Å². The Morgan fingerprint density at radius 3 is 2.56 bits per heavy atom. The topological polar surface area (TPSA) is 54.9 Å². The average Bonchev–Trinajstić information content (AvgIpc) is 2.34. The molecule has 4 nitrogen and oxygen atoms in total. The van der Waals surface area contributed by atoms with E-state index >= 15 is 0 Å². The van der Waals surface area contributed by atoms with E-state index in [0.717, 1.165) is 11.3 Å². The molecule has 92 valence electrons. The fourth-order valence-electron chi connectivity index (χ4n) is 1.44. The van der Waals surface area contributed by atoms with Crippen molar-refractivity contribution in [2.24, 2.45) is 0 Å². The van der Waals surface area contributed by atoms with Crippen molar-refractivity contribution < 1.29 is 4.79 Å². The number of nitrogens with zero attached hydrogens (tertiary/aromatic N) is 2. The van der Waals surface area contributed by atoms with Crippen molar-refractivity contribution in [3.05, 3.63) is 52.6 Å². The molecule has 0 spiro atoms. The van der Waals surface area contributed by atoms with Gasteiger partial charge in [-0.1, -0.05) is 17.7 Å². The van der Waals surface area contributed by atoms with Gasteiger partial charge in [0, 0.05) is 5.69 Å². The lowest BCUT2D eigenvalue weighted by Crippen LogP contribution is -2.14. The molecule has 1 aromatic carbocycles. The molecule has 0 atom stereocenters. The number of carbonyl (C=O) groups is 1. The summed E-state index contributed by atoms with van der Waals surface area (Å²) in [6.07, 6.45) is 2.69. The maximum atomic E-state index is 11.9. The molecule has 0 saturated heterocycles. The van der Waals surface area contributed by atoms with Crippen molar-refractivity contribution in [1.29, 1.82) is 0 Å². The molecule has 2 rings (SSSR count). The Labute approximate surface area is 110 Å². The summed E-state index contributed by atoms with van der Waals surface area (Å²) >= 11 is 5.61. The van der Waals surface area contributed by atoms with Gasteiger partial charge in [-0.3, -0.25) is 4.79 Å². The number of hydrogen-bond acceptors (Lipinski definition) is 3. The zero-order valence-corrected chi connectivity index (χ0v) is 10.8. The van der Waals surface area contributed by atoms with Crippen LogP contribution in [0.1, 0.15) is 21.6 Å². The molecule has 1 heterocycles. The van der Waals surface area contributed by atoms with E-state index < -0.39 is 0 Å². The zero-order valence-electron chi connectivity index (χ0n) is 10.1. The third-order valence-corrected chi connectivity index (χ3v) is 2.81. The number of amides is 1. The van der Waals surface area contributed by atoms with E-state index in [4.69, 9.17) is 11.6 Å². The van der Waals surface area contributed by atoms with Crippen LogP contribution < -0.4 is 5.32 Å². The first kappa shape index (κ1) is 12.5. The van der Waals surface area contributed by atoms with Crippen molar-refractivity contribution in [2.45, 2.75) is 13.8 Å². The predicted molar refractivity (Wildman–Crippen MR) is 70.9 cm³/mol. The zero-order chi connectivity index (χ0) is 13.1. The summed E-state index contributed by atoms with van der Waals surface area (Å²) in [5.74, 6) is -0.303. The molecule has 0 radical (unpaired) electrons. The number of hydrogen-bond donors (Lipinski definition) is 1. The highest BCUT2D eigenvalue weighted by atomic mass is 35.5. The molecule has 0 aliphatic carbocycles. The molecule has 0 aliphatic rings. The minimum Gasteiger partial charge on any atom is -0.321 e. The largest absolute Gasteiger partial charge is 0.321 e. The van der Waals surface area contributed by atoms with E-state index in [1.165, 1.54) is 18.0 Å². The average molecular weight is 262 g/mol. The Bertz CT molecular complexity index is 581. The van der Waals surface area contributed by atoms with Crippen LogP contribution in [0.25, 0.3) is 0 Å². The van der Waals surface area contributed by atoms with Crippen molar-refractivity contribution >= 4 is 23.2 Å². The molecule has 0 bridgehead atoms. The Morgan fingerprint density at radius 2 is 1.94 bits per heavy atom. The number of halogens is 1. The van der Waals surface area contributed by atoms with Crippen LogP contribution in [0.4, 0.5) is 5.69 Å². The quantitative estimate of drug-likeness (QED) is 0.904. The van der Waals surface area contributed by atoms with Gasteiger partial charge in [0.1, 0.15) is 10.8 Å². The standard InChI is InChI=1S/C13H12ClN3O/c1-8-3-4-10(5-9(8)2)17-13(18)11-6-16-12(14)7-15-11/h3-7H,1-2H3,(H,17,18). The van der Waals surface area contributed by atoms with Gasteiger partial charge in [-0.2, -0.15) is 0 Å². The Morgan fingerprint density at radius 1 is 1.17 bits per heavy atom. The molecule has 5 heteroatoms. The van der Waals surface area contributed by atoms with Crippen molar-refractivity contribution in [3.8, 4) is 0 Å². The van der Waals surface area contributed by atoms with Crippen molar-refractivity contribution in [2.75, 3.05) is 5.32 Å². The first-order valence-electron chi connectivity index (χ1n) is 5.42. The molecule has 2 aromatic rings. The number of nitrogens with one attached hydrogen (secondary N) is 1. The molecular formula is C13H12ClN3O. The number of aryl methyl sites for hydroxylation is 2. The second kappa shape index (κ2) is 5.14. The summed E-state index contributed by atoms with van der Waals surface area (Å²) in [6.45, 7) is 4.01. The van der Waals surface area contributed by atoms with Crippen LogP contribution in [0, 0.1) is 13.8 Å². The normalized spacial score (nSPS) is 10.2. The Kier molecular flexibility index (Phi) is 3.58. The SMILES string of the molecule is Cc1ccc(NC(=O)c2cnc(Cl)cn2)cc1C. The monoisotopic (exact) mass is 261 g/mol. The van der Waals surface area contributed by atoms with Gasteiger partial charge in [-0.15, -0.1) is 0 Å². The van der Waals surface area contributed by atoms with Gasteiger partial charge >= 0.3 is 0 Å². The number of anilines is 1. The van der Waals surface area contributed by atoms with Crippen molar-refractivity contribution in [1.82, 2.24) is 9.97 Å². The van der Waals surface area contributed by atoms with Gasteiger partial charge in [0.25, 0.3) is 5.91 Å². The highest BCUT2D eigenvalue weighted by molar-refractivity contribution is 6.29. The van der Waals surface area contributed by atoms with Crippen LogP contribution in [-0.4, -0.2) is 15.9 Å². The van der Waals surface area contributed by atoms with E-state index in [1.54, 1.807) is 0 Å². The first-order chi connectivity index (χ1) is 8.56. The third kappa shape index (κ3) is 2.84. The molecule has 0 aliphatic heterocycles. The lowest BCUT2D eigenvalue weighted by Gasteiger charge is -2.07. The molecule has 1 amide bonds. The van der Waals surface area contributed by atoms with Crippen LogP contribution in [0.15, 0.2) is 30.6 Å². The van der Waals surface area contributed by atoms with Crippen LogP contribution in [0.2, 0.25) is 5.15 Å². The molecule has 0 saturated carbocycles. The highest BCUT2D eigenvalue weighted by Crippen LogP contribution is 2.14. The molecular weight excluding hydrogens is 250 g/mol. The van der Waals surface area contributed by atoms with Crippen molar-refractivity contribution in [3.63, 3.8) is 0 Å². The van der Waals surface area contributed by atoms with Gasteiger partial charge in [0.2, 0.25) is 0 Å². The highest BCUT2D eigenvalue weighted by Gasteiger charge is 2.08. The van der Waals surface area contributed by atoms with Crippen LogP contribution in [0.3, 0.4) is 0 Å². The lowest BCUT2D eigenvalue weighted by atomic mass is 10.1. The Hall–Kier alpha value is -1.94. The summed E-state index contributed by atoms with van der Waals surface area (Å²) in [4.78, 5) is 19.6. The minimum absolute atomic E-state index is 0.234. The molecule has 0 unspecified atom stereocenters. The van der Waals surface area contributed by atoms with Gasteiger partial charge in [-0.25, -0.2) is 9.97 Å². The number of carbonyl (C=O) groups excluding carboxylic acids is 1. The maximum Gasteiger partial charge on any atom is 0.275 e. The summed E-state index contributed by atoms with van der Waals surface area (Å²) in [7, 11) is 0. The second-order valence-electron chi connectivity index (χ2n) is 3.98. The number of aromatic nitrogens is 2. The molecule has 1 N–H and O–H groups in total. The summed E-state index contributed by atoms with van der Waals surface area (Å²) in [6, 6.07) is 5.72. The van der Waals surface area contributed by atoms with Gasteiger partial charge in [-0.05, 0) is 37.1 Å². The smallest absolute Gasteiger partial charge is 0.275 e. The van der Waals surface area contributed by atoms with E-state index in [0.29, 0.717) is 0 Å². The number of rotatable bonds is 2. The first-order valence-corrected chi connectivity index (χ1v) is 5.80. The van der Waals surface area contributed by atoms with Gasteiger partial charge in [0.15, 0.2) is 0 Å². The summed E-state index contributed by atoms with van der Waals surface area (Å²) in [5, 5.41) is 3.02. The molecule has 1 aromatic heterocycles. The van der Waals surface area contributed by atoms with Gasteiger partial charge < -0.3 is 5.32 Å². The second-order valence-corrected chi connectivity index (χ2v) is 4.36. The van der Waals surface area contributed by atoms with E-state index in [2.05, 4.69) is 15.3 Å². The molecule has 0 fully saturated rings. The van der Waals surface area contributed by atoms with Crippen LogP contribution in [0.5, 0.6) is 0 Å². The minimum atomic E-state index is -0.303. The lowest BCUT2D eigenvalue weighted by molar-refractivity contribution is 0.102. The number of benzene rings is 1.